The molecule has 0 atom stereocenters. The number of benzene rings is 2. The summed E-state index contributed by atoms with van der Waals surface area (Å²) in [4.78, 5) is 27.8. The Kier molecular flexibility index (Phi) is 5.45. The van der Waals surface area contributed by atoms with Crippen LogP contribution in [0.3, 0.4) is 0 Å². The van der Waals surface area contributed by atoms with E-state index in [1.54, 1.807) is 14.0 Å². The first-order chi connectivity index (χ1) is 13.0. The first kappa shape index (κ1) is 18.5. The number of hydrogen-bond acceptors (Lipinski definition) is 5. The van der Waals surface area contributed by atoms with Crippen LogP contribution in [0.15, 0.2) is 47.3 Å². The van der Waals surface area contributed by atoms with Crippen molar-refractivity contribution in [3.05, 3.63) is 69.5 Å². The van der Waals surface area contributed by atoms with Gasteiger partial charge in [-0.3, -0.25) is 4.79 Å². The fourth-order valence-corrected chi connectivity index (χ4v) is 3.02. The summed E-state index contributed by atoms with van der Waals surface area (Å²) in [7, 11) is 1.61. The molecule has 0 aliphatic rings. The Morgan fingerprint density at radius 1 is 1.19 bits per heavy atom. The van der Waals surface area contributed by atoms with Crippen LogP contribution in [-0.2, 0) is 11.3 Å². The molecule has 0 radical (unpaired) electrons. The summed E-state index contributed by atoms with van der Waals surface area (Å²) in [6, 6.07) is 13.3. The monoisotopic (exact) mass is 366 g/mol. The van der Waals surface area contributed by atoms with E-state index in [1.807, 2.05) is 49.4 Å². The van der Waals surface area contributed by atoms with Crippen molar-refractivity contribution in [3.63, 3.8) is 0 Å². The van der Waals surface area contributed by atoms with E-state index in [0.29, 0.717) is 17.7 Å². The van der Waals surface area contributed by atoms with Crippen molar-refractivity contribution >= 4 is 22.6 Å². The first-order valence-corrected chi connectivity index (χ1v) is 8.74. The van der Waals surface area contributed by atoms with Crippen LogP contribution < -0.4 is 15.6 Å². The van der Waals surface area contributed by atoms with Crippen LogP contribution in [0.5, 0.6) is 5.75 Å². The number of aromatic nitrogens is 1. The van der Waals surface area contributed by atoms with Gasteiger partial charge in [0.25, 0.3) is 5.56 Å². The number of fused-ring (bicyclic) bond motifs is 1. The highest BCUT2D eigenvalue weighted by atomic mass is 16.5. The molecule has 27 heavy (non-hydrogen) atoms. The predicted octanol–water partition coefficient (Wildman–Crippen LogP) is 3.63. The summed E-state index contributed by atoms with van der Waals surface area (Å²) in [5, 5.41) is 4.01. The van der Waals surface area contributed by atoms with Crippen molar-refractivity contribution in [1.82, 2.24) is 4.98 Å². The van der Waals surface area contributed by atoms with Gasteiger partial charge in [0, 0.05) is 17.5 Å². The number of pyridine rings is 1. The van der Waals surface area contributed by atoms with Crippen molar-refractivity contribution in [2.45, 2.75) is 20.4 Å². The zero-order valence-corrected chi connectivity index (χ0v) is 15.6. The molecule has 0 aliphatic heterocycles. The average Bonchev–Trinajstić information content (AvgIpc) is 2.66. The number of methoxy groups -OCH3 is 1. The second-order valence-electron chi connectivity index (χ2n) is 6.14. The van der Waals surface area contributed by atoms with Crippen LogP contribution in [0.1, 0.15) is 28.4 Å². The molecule has 0 amide bonds. The minimum atomic E-state index is -0.648. The minimum Gasteiger partial charge on any atom is -0.496 e. The number of aromatic amines is 1. The Hall–Kier alpha value is -3.28. The Morgan fingerprint density at radius 2 is 1.96 bits per heavy atom. The minimum absolute atomic E-state index is 0.0233. The number of anilines is 1. The van der Waals surface area contributed by atoms with Gasteiger partial charge < -0.3 is 19.8 Å². The molecule has 6 heteroatoms. The highest BCUT2D eigenvalue weighted by Gasteiger charge is 2.21. The Morgan fingerprint density at radius 3 is 2.70 bits per heavy atom. The maximum Gasteiger partial charge on any atom is 0.345 e. The molecule has 3 aromatic rings. The number of hydrogen-bond donors (Lipinski definition) is 2. The van der Waals surface area contributed by atoms with Gasteiger partial charge >= 0.3 is 5.97 Å². The molecule has 6 nitrogen and oxygen atoms in total. The van der Waals surface area contributed by atoms with Gasteiger partial charge in [0.15, 0.2) is 0 Å². The van der Waals surface area contributed by atoms with Gasteiger partial charge in [-0.2, -0.15) is 0 Å². The van der Waals surface area contributed by atoms with Crippen molar-refractivity contribution in [2.24, 2.45) is 0 Å². The maximum atomic E-state index is 12.6. The van der Waals surface area contributed by atoms with E-state index in [4.69, 9.17) is 9.47 Å². The molecule has 0 aliphatic carbocycles. The van der Waals surface area contributed by atoms with Gasteiger partial charge in [0.05, 0.1) is 24.9 Å². The SMILES string of the molecule is CCOC(=O)c1c(NCc2ccccc2OC)c2cc(C)ccc2[nH]c1=O. The largest absolute Gasteiger partial charge is 0.496 e. The smallest absolute Gasteiger partial charge is 0.345 e. The topological polar surface area (TPSA) is 80.4 Å². The summed E-state index contributed by atoms with van der Waals surface area (Å²) >= 11 is 0. The number of aryl methyl sites for hydroxylation is 1. The molecule has 1 heterocycles. The number of para-hydroxylation sites is 1. The summed E-state index contributed by atoms with van der Waals surface area (Å²) in [6.07, 6.45) is 0. The highest BCUT2D eigenvalue weighted by Crippen LogP contribution is 2.27. The molecule has 0 saturated heterocycles. The molecule has 3 rings (SSSR count). The maximum absolute atomic E-state index is 12.6. The van der Waals surface area contributed by atoms with Crippen molar-refractivity contribution in [1.29, 1.82) is 0 Å². The number of carbonyl (C=O) groups excluding carboxylic acids is 1. The van der Waals surface area contributed by atoms with Crippen LogP contribution in [0.4, 0.5) is 5.69 Å². The number of esters is 1. The van der Waals surface area contributed by atoms with Crippen molar-refractivity contribution in [2.75, 3.05) is 19.0 Å². The predicted molar refractivity (Wildman–Crippen MR) is 106 cm³/mol. The summed E-state index contributed by atoms with van der Waals surface area (Å²) in [6.45, 7) is 4.25. The molecule has 2 N–H and O–H groups in total. The Bertz CT molecular complexity index is 1040. The third-order valence-electron chi connectivity index (χ3n) is 4.30. The normalized spacial score (nSPS) is 10.6. The molecule has 0 unspecified atom stereocenters. The van der Waals surface area contributed by atoms with E-state index in [1.165, 1.54) is 0 Å². The molecule has 0 saturated carbocycles. The van der Waals surface area contributed by atoms with E-state index < -0.39 is 11.5 Å². The van der Waals surface area contributed by atoms with Crippen molar-refractivity contribution < 1.29 is 14.3 Å². The Labute approximate surface area is 157 Å². The van der Waals surface area contributed by atoms with Crippen LogP contribution in [0.25, 0.3) is 10.9 Å². The van der Waals surface area contributed by atoms with Gasteiger partial charge in [0.2, 0.25) is 0 Å². The Balaban J connectivity index is 2.12. The standard InChI is InChI=1S/C21H22N2O4/c1-4-27-21(25)18-19(22-12-14-7-5-6-8-17(14)26-3)15-11-13(2)9-10-16(15)23-20(18)24/h5-11H,4,12H2,1-3H3,(H2,22,23,24). The fraction of sp³-hybridized carbons (Fsp3) is 0.238. The molecule has 1 aromatic heterocycles. The van der Waals surface area contributed by atoms with Gasteiger partial charge in [-0.25, -0.2) is 4.79 Å². The zero-order chi connectivity index (χ0) is 19.4. The lowest BCUT2D eigenvalue weighted by Gasteiger charge is -2.15. The number of carbonyl (C=O) groups is 1. The molecule has 0 bridgehead atoms. The summed E-state index contributed by atoms with van der Waals surface area (Å²) in [5.74, 6) is 0.0812. The van der Waals surface area contributed by atoms with Gasteiger partial charge in [-0.15, -0.1) is 0 Å². The van der Waals surface area contributed by atoms with E-state index in [9.17, 15) is 9.59 Å². The van der Waals surface area contributed by atoms with Crippen molar-refractivity contribution in [3.8, 4) is 5.75 Å². The van der Waals surface area contributed by atoms with Crippen LogP contribution in [-0.4, -0.2) is 24.7 Å². The third kappa shape index (κ3) is 3.79. The second-order valence-corrected chi connectivity index (χ2v) is 6.14. The molecule has 140 valence electrons. The molecule has 0 fully saturated rings. The number of rotatable bonds is 6. The lowest BCUT2D eigenvalue weighted by atomic mass is 10.1. The molecular formula is C21H22N2O4. The fourth-order valence-electron chi connectivity index (χ4n) is 3.02. The van der Waals surface area contributed by atoms with E-state index in [2.05, 4.69) is 10.3 Å². The molecule has 2 aromatic carbocycles. The van der Waals surface area contributed by atoms with E-state index in [0.717, 1.165) is 22.3 Å². The third-order valence-corrected chi connectivity index (χ3v) is 4.30. The van der Waals surface area contributed by atoms with E-state index in [-0.39, 0.29) is 12.2 Å². The lowest BCUT2D eigenvalue weighted by Crippen LogP contribution is -2.23. The van der Waals surface area contributed by atoms with Gasteiger partial charge in [0.1, 0.15) is 11.3 Å². The number of H-pyrrole nitrogens is 1. The van der Waals surface area contributed by atoms with Gasteiger partial charge in [-0.05, 0) is 32.0 Å². The van der Waals surface area contributed by atoms with Crippen LogP contribution >= 0.6 is 0 Å². The van der Waals surface area contributed by atoms with E-state index >= 15 is 0 Å². The van der Waals surface area contributed by atoms with Crippen LogP contribution in [0.2, 0.25) is 0 Å². The molecular weight excluding hydrogens is 344 g/mol. The quantitative estimate of drug-likeness (QED) is 0.651. The number of ether oxygens (including phenoxy) is 2. The summed E-state index contributed by atoms with van der Waals surface area (Å²) < 4.78 is 10.5. The average molecular weight is 366 g/mol. The lowest BCUT2D eigenvalue weighted by molar-refractivity contribution is 0.0525. The molecule has 0 spiro atoms. The zero-order valence-electron chi connectivity index (χ0n) is 15.6. The first-order valence-electron chi connectivity index (χ1n) is 8.74. The second kappa shape index (κ2) is 7.95. The summed E-state index contributed by atoms with van der Waals surface area (Å²) in [5.41, 5.74) is 2.54. The number of nitrogens with one attached hydrogen (secondary N) is 2. The van der Waals surface area contributed by atoms with Gasteiger partial charge in [-0.1, -0.05) is 29.8 Å². The van der Waals surface area contributed by atoms with Crippen LogP contribution in [0, 0.1) is 6.92 Å². The highest BCUT2D eigenvalue weighted by molar-refractivity contribution is 6.05.